The van der Waals surface area contributed by atoms with E-state index in [9.17, 15) is 0 Å². The van der Waals surface area contributed by atoms with Crippen LogP contribution in [-0.4, -0.2) is 0 Å². The number of para-hydroxylation sites is 1. The van der Waals surface area contributed by atoms with Gasteiger partial charge in [-0.25, -0.2) is 0 Å². The Labute approximate surface area is 358 Å². The molecule has 1 heterocycles. The van der Waals surface area contributed by atoms with Gasteiger partial charge in [0.2, 0.25) is 0 Å². The average Bonchev–Trinajstić information content (AvgIpc) is 3.78. The quantitative estimate of drug-likeness (QED) is 0.167. The number of hydrogen-bond acceptors (Lipinski definition) is 2. The van der Waals surface area contributed by atoms with Crippen LogP contribution in [0, 0.1) is 0 Å². The van der Waals surface area contributed by atoms with Gasteiger partial charge in [-0.1, -0.05) is 186 Å². The number of anilines is 3. The lowest BCUT2D eigenvalue weighted by Crippen LogP contribution is -2.15. The molecule has 0 unspecified atom stereocenters. The van der Waals surface area contributed by atoms with Gasteiger partial charge in [-0.15, -0.1) is 0 Å². The summed E-state index contributed by atoms with van der Waals surface area (Å²) in [6.07, 6.45) is 0. The van der Waals surface area contributed by atoms with Gasteiger partial charge in [-0.2, -0.15) is 0 Å². The van der Waals surface area contributed by atoms with Crippen LogP contribution in [0.2, 0.25) is 0 Å². The van der Waals surface area contributed by atoms with Crippen LogP contribution in [0.15, 0.2) is 199 Å². The number of hydrogen-bond donors (Lipinski definition) is 0. The molecule has 0 fully saturated rings. The number of rotatable bonds is 6. The molecule has 0 atom stereocenters. The molecule has 0 aliphatic heterocycles. The van der Waals surface area contributed by atoms with E-state index in [-0.39, 0.29) is 10.8 Å². The van der Waals surface area contributed by atoms with E-state index in [2.05, 4.69) is 228 Å². The van der Waals surface area contributed by atoms with Gasteiger partial charge in [0.05, 0.1) is 11.4 Å². The van der Waals surface area contributed by atoms with E-state index >= 15 is 0 Å². The van der Waals surface area contributed by atoms with Crippen molar-refractivity contribution in [3.63, 3.8) is 0 Å². The first-order valence-corrected chi connectivity index (χ1v) is 21.4. The van der Waals surface area contributed by atoms with Gasteiger partial charge in [0.1, 0.15) is 11.2 Å². The summed E-state index contributed by atoms with van der Waals surface area (Å²) in [4.78, 5) is 2.48. The van der Waals surface area contributed by atoms with E-state index in [1.807, 2.05) is 6.07 Å². The van der Waals surface area contributed by atoms with Crippen molar-refractivity contribution in [3.05, 3.63) is 211 Å². The van der Waals surface area contributed by atoms with E-state index in [4.69, 9.17) is 4.42 Å². The Morgan fingerprint density at radius 2 is 1.08 bits per heavy atom. The van der Waals surface area contributed by atoms with Gasteiger partial charge in [-0.05, 0) is 103 Å². The van der Waals surface area contributed by atoms with Crippen molar-refractivity contribution in [2.24, 2.45) is 0 Å². The molecule has 1 aliphatic rings. The molecule has 0 saturated carbocycles. The van der Waals surface area contributed by atoms with E-state index in [0.717, 1.165) is 50.1 Å². The molecule has 2 nitrogen and oxygen atoms in total. The summed E-state index contributed by atoms with van der Waals surface area (Å²) in [6, 6.07) is 71.4. The van der Waals surface area contributed by atoms with Crippen LogP contribution in [0.5, 0.6) is 0 Å². The van der Waals surface area contributed by atoms with E-state index < -0.39 is 0 Å². The van der Waals surface area contributed by atoms with Gasteiger partial charge in [0.15, 0.2) is 0 Å². The maximum Gasteiger partial charge on any atom is 0.137 e. The van der Waals surface area contributed by atoms with Gasteiger partial charge >= 0.3 is 0 Å². The number of nitrogens with zero attached hydrogens (tertiary/aromatic N) is 1. The Bertz CT molecular complexity index is 3310. The second kappa shape index (κ2) is 14.0. The normalized spacial score (nSPS) is 13.1. The van der Waals surface area contributed by atoms with Crippen molar-refractivity contribution in [1.29, 1.82) is 0 Å². The minimum absolute atomic E-state index is 0.0767. The molecule has 10 aromatic rings. The first kappa shape index (κ1) is 36.9. The SMILES string of the molecule is CC(C)(C)c1ccc(-c2ccc(N(c3ccc4c(c3)oc3ccccc34)c3ccc4ccccc4c3-c3cccc4c3-c3ccccc3C4(C)C)c(-c3ccccc3)c2)cc1. The zero-order valence-corrected chi connectivity index (χ0v) is 35.3. The molecule has 0 saturated heterocycles. The van der Waals surface area contributed by atoms with E-state index in [1.165, 1.54) is 60.8 Å². The van der Waals surface area contributed by atoms with Crippen molar-refractivity contribution >= 4 is 49.8 Å². The highest BCUT2D eigenvalue weighted by Crippen LogP contribution is 2.56. The number of furan rings is 1. The molecule has 1 aliphatic carbocycles. The minimum atomic E-state index is -0.139. The zero-order valence-electron chi connectivity index (χ0n) is 35.3. The van der Waals surface area contributed by atoms with Gasteiger partial charge in [-0.3, -0.25) is 0 Å². The molecule has 9 aromatic carbocycles. The first-order chi connectivity index (χ1) is 29.6. The Morgan fingerprint density at radius 1 is 0.426 bits per heavy atom. The van der Waals surface area contributed by atoms with Gasteiger partial charge < -0.3 is 9.32 Å². The van der Waals surface area contributed by atoms with Crippen molar-refractivity contribution in [1.82, 2.24) is 0 Å². The Balaban J connectivity index is 1.22. The second-order valence-corrected chi connectivity index (χ2v) is 18.1. The molecular formula is C59H47NO. The monoisotopic (exact) mass is 785 g/mol. The van der Waals surface area contributed by atoms with Crippen molar-refractivity contribution in [3.8, 4) is 44.5 Å². The zero-order chi connectivity index (χ0) is 41.5. The predicted molar refractivity (Wildman–Crippen MR) is 258 cm³/mol. The fourth-order valence-electron chi connectivity index (χ4n) is 9.88. The number of benzene rings is 9. The van der Waals surface area contributed by atoms with Crippen LogP contribution in [-0.2, 0) is 10.8 Å². The molecular weight excluding hydrogens is 739 g/mol. The summed E-state index contributed by atoms with van der Waals surface area (Å²) in [5, 5.41) is 4.64. The van der Waals surface area contributed by atoms with E-state index in [0.29, 0.717) is 0 Å². The fraction of sp³-hybridized carbons (Fsp3) is 0.119. The van der Waals surface area contributed by atoms with Crippen LogP contribution >= 0.6 is 0 Å². The van der Waals surface area contributed by atoms with Crippen LogP contribution in [0.1, 0.15) is 51.3 Å². The van der Waals surface area contributed by atoms with Gasteiger partial charge in [0, 0.05) is 39.1 Å². The maximum atomic E-state index is 6.62. The summed E-state index contributed by atoms with van der Waals surface area (Å²) in [5.74, 6) is 0. The fourth-order valence-corrected chi connectivity index (χ4v) is 9.88. The van der Waals surface area contributed by atoms with E-state index in [1.54, 1.807) is 0 Å². The highest BCUT2D eigenvalue weighted by molar-refractivity contribution is 6.11. The molecule has 2 heteroatoms. The molecule has 0 radical (unpaired) electrons. The molecule has 11 rings (SSSR count). The van der Waals surface area contributed by atoms with Crippen molar-refractivity contribution in [2.75, 3.05) is 4.90 Å². The largest absolute Gasteiger partial charge is 0.456 e. The molecule has 0 N–H and O–H groups in total. The average molecular weight is 786 g/mol. The van der Waals surface area contributed by atoms with Crippen LogP contribution in [0.4, 0.5) is 17.1 Å². The highest BCUT2D eigenvalue weighted by atomic mass is 16.3. The topological polar surface area (TPSA) is 16.4 Å². The Hall–Kier alpha value is -7.16. The summed E-state index contributed by atoms with van der Waals surface area (Å²) < 4.78 is 6.62. The lowest BCUT2D eigenvalue weighted by Gasteiger charge is -2.31. The third-order valence-electron chi connectivity index (χ3n) is 13.1. The highest BCUT2D eigenvalue weighted by Gasteiger charge is 2.37. The Kier molecular flexibility index (Phi) is 8.44. The third kappa shape index (κ3) is 6.00. The van der Waals surface area contributed by atoms with Crippen LogP contribution < -0.4 is 4.90 Å². The first-order valence-electron chi connectivity index (χ1n) is 21.4. The lowest BCUT2D eigenvalue weighted by atomic mass is 9.81. The molecule has 0 spiro atoms. The summed E-state index contributed by atoms with van der Waals surface area (Å²) in [6.45, 7) is 11.5. The lowest BCUT2D eigenvalue weighted by molar-refractivity contribution is 0.590. The standard InChI is InChI=1S/C59H47NO/c1-58(2,3)42-30-26-38(27-31-42)41-29-34-52(49(36-41)39-16-7-6-8-17-39)60(43-32-33-46-45-20-12-14-25-54(45)61-55(46)37-43)53-35-28-40-18-9-10-19-44(40)57(53)48-22-15-24-51-56(48)47-21-11-13-23-50(47)59(51,4)5/h6-37H,1-5H3. The van der Waals surface area contributed by atoms with Crippen LogP contribution in [0.25, 0.3) is 77.2 Å². The summed E-state index contributed by atoms with van der Waals surface area (Å²) in [5.41, 5.74) is 18.7. The molecule has 1 aromatic heterocycles. The summed E-state index contributed by atoms with van der Waals surface area (Å²) in [7, 11) is 0. The number of fused-ring (bicyclic) bond motifs is 7. The second-order valence-electron chi connectivity index (χ2n) is 18.1. The molecule has 61 heavy (non-hydrogen) atoms. The molecule has 294 valence electrons. The van der Waals surface area contributed by atoms with Crippen molar-refractivity contribution < 1.29 is 4.42 Å². The smallest absolute Gasteiger partial charge is 0.137 e. The molecule has 0 bridgehead atoms. The molecule has 0 amide bonds. The van der Waals surface area contributed by atoms with Crippen LogP contribution in [0.3, 0.4) is 0 Å². The maximum absolute atomic E-state index is 6.62. The van der Waals surface area contributed by atoms with Crippen molar-refractivity contribution in [2.45, 2.75) is 45.4 Å². The Morgan fingerprint density at radius 3 is 1.90 bits per heavy atom. The minimum Gasteiger partial charge on any atom is -0.456 e. The predicted octanol–water partition coefficient (Wildman–Crippen LogP) is 16.8. The third-order valence-corrected chi connectivity index (χ3v) is 13.1. The van der Waals surface area contributed by atoms with Gasteiger partial charge in [0.25, 0.3) is 0 Å². The summed E-state index contributed by atoms with van der Waals surface area (Å²) >= 11 is 0.